The molecule has 0 fully saturated rings. The Morgan fingerprint density at radius 3 is 1.91 bits per heavy atom. The van der Waals surface area contributed by atoms with Crippen LogP contribution in [-0.2, 0) is 0 Å². The maximum absolute atomic E-state index is 10.9. The molecule has 1 nitrogen and oxygen atoms in total. The molecular weight excluding hydrogens is 318 g/mol. The van der Waals surface area contributed by atoms with Crippen LogP contribution in [0, 0.1) is 13.8 Å². The Hall–Kier alpha value is -1.52. The van der Waals surface area contributed by atoms with Crippen molar-refractivity contribution in [3.8, 4) is 11.1 Å². The number of rotatable bonds is 3. The molecule has 1 N–H and O–H groups in total. The normalized spacial score (nSPS) is 11.6. The Kier molecular flexibility index (Phi) is 6.08. The van der Waals surface area contributed by atoms with Crippen molar-refractivity contribution < 1.29 is 4.89 Å². The second kappa shape index (κ2) is 7.84. The zero-order chi connectivity index (χ0) is 15.5. The van der Waals surface area contributed by atoms with E-state index >= 15 is 0 Å². The smallest absolute Gasteiger partial charge is 0.0883 e. The Labute approximate surface area is 142 Å². The largest absolute Gasteiger partial charge is 0.364 e. The highest BCUT2D eigenvalue weighted by molar-refractivity contribution is 7.67. The lowest BCUT2D eigenvalue weighted by atomic mass is 9.96. The summed E-state index contributed by atoms with van der Waals surface area (Å²) < 4.78 is 0. The Morgan fingerprint density at radius 1 is 0.696 bits per heavy atom. The van der Waals surface area contributed by atoms with Gasteiger partial charge in [0, 0.05) is 10.6 Å². The van der Waals surface area contributed by atoms with Gasteiger partial charge in [0.25, 0.3) is 0 Å². The molecule has 3 heteroatoms. The highest BCUT2D eigenvalue weighted by Gasteiger charge is 2.17. The van der Waals surface area contributed by atoms with E-state index in [2.05, 4.69) is 38.1 Å². The fourth-order valence-corrected chi connectivity index (χ4v) is 4.19. The van der Waals surface area contributed by atoms with Gasteiger partial charge in [0.05, 0.1) is 8.15 Å². The summed E-state index contributed by atoms with van der Waals surface area (Å²) in [7, 11) is -1.34. The van der Waals surface area contributed by atoms with E-state index in [1.807, 2.05) is 48.5 Å². The van der Waals surface area contributed by atoms with Crippen LogP contribution < -0.4 is 10.6 Å². The molecule has 3 aromatic rings. The molecule has 0 aromatic heterocycles. The first-order valence-corrected chi connectivity index (χ1v) is 8.67. The van der Waals surface area contributed by atoms with Crippen LogP contribution in [0.4, 0.5) is 0 Å². The van der Waals surface area contributed by atoms with Crippen LogP contribution in [0.3, 0.4) is 0 Å². The molecule has 3 aromatic carbocycles. The first-order chi connectivity index (χ1) is 10.7. The molecule has 0 aliphatic heterocycles. The van der Waals surface area contributed by atoms with E-state index in [4.69, 9.17) is 0 Å². The molecule has 0 aliphatic carbocycles. The van der Waals surface area contributed by atoms with E-state index in [9.17, 15) is 4.89 Å². The molecule has 3 rings (SSSR count). The van der Waals surface area contributed by atoms with Crippen molar-refractivity contribution in [3.63, 3.8) is 0 Å². The number of hydrogen-bond acceptors (Lipinski definition) is 1. The minimum atomic E-state index is -1.34. The maximum atomic E-state index is 10.9. The van der Waals surface area contributed by atoms with Crippen molar-refractivity contribution >= 4 is 28.7 Å². The summed E-state index contributed by atoms with van der Waals surface area (Å²) in [4.78, 5) is 10.9. The van der Waals surface area contributed by atoms with Gasteiger partial charge >= 0.3 is 0 Å². The maximum Gasteiger partial charge on any atom is 0.0883 e. The summed E-state index contributed by atoms with van der Waals surface area (Å²) in [5.74, 6) is 0. The molecule has 0 amide bonds. The molecule has 118 valence electrons. The minimum Gasteiger partial charge on any atom is -0.364 e. The van der Waals surface area contributed by atoms with Gasteiger partial charge in [0.1, 0.15) is 0 Å². The second-order valence-corrected chi connectivity index (χ2v) is 7.05. The van der Waals surface area contributed by atoms with Gasteiger partial charge in [0.2, 0.25) is 0 Å². The van der Waals surface area contributed by atoms with E-state index in [0.29, 0.717) is 0 Å². The highest BCUT2D eigenvalue weighted by atomic mass is 31.1. The van der Waals surface area contributed by atoms with Gasteiger partial charge < -0.3 is 4.89 Å². The molecular formula is C20H22OP2. The lowest BCUT2D eigenvalue weighted by molar-refractivity contribution is 0.645. The summed E-state index contributed by atoms with van der Waals surface area (Å²) >= 11 is 0. The van der Waals surface area contributed by atoms with Gasteiger partial charge in [-0.2, -0.15) is 9.90 Å². The third-order valence-corrected chi connectivity index (χ3v) is 5.52. The third-order valence-electron chi connectivity index (χ3n) is 3.88. The van der Waals surface area contributed by atoms with Crippen LogP contribution in [0.5, 0.6) is 0 Å². The first-order valence-electron chi connectivity index (χ1n) is 7.38. The standard InChI is InChI=1S/C20H19OP.H3P/c1-15-9-8-10-16(2)20(15)18-13-6-7-14-19(18)22(21)17-11-4-3-5-12-17;/h3-14,21H,1-2H3;1H3. The van der Waals surface area contributed by atoms with E-state index < -0.39 is 8.15 Å². The van der Waals surface area contributed by atoms with Crippen molar-refractivity contribution in [2.24, 2.45) is 0 Å². The minimum absolute atomic E-state index is 0. The quantitative estimate of drug-likeness (QED) is 0.702. The Morgan fingerprint density at radius 2 is 1.26 bits per heavy atom. The molecule has 0 saturated carbocycles. The summed E-state index contributed by atoms with van der Waals surface area (Å²) in [6.45, 7) is 4.25. The monoisotopic (exact) mass is 340 g/mol. The van der Waals surface area contributed by atoms with Crippen molar-refractivity contribution in [2.75, 3.05) is 0 Å². The average Bonchev–Trinajstić information content (AvgIpc) is 2.55. The highest BCUT2D eigenvalue weighted by Crippen LogP contribution is 2.35. The molecule has 2 atom stereocenters. The third kappa shape index (κ3) is 3.70. The molecule has 23 heavy (non-hydrogen) atoms. The van der Waals surface area contributed by atoms with Crippen molar-refractivity contribution in [1.29, 1.82) is 0 Å². The molecule has 0 saturated heterocycles. The lowest BCUT2D eigenvalue weighted by Gasteiger charge is -2.18. The van der Waals surface area contributed by atoms with Crippen molar-refractivity contribution in [2.45, 2.75) is 13.8 Å². The second-order valence-electron chi connectivity index (χ2n) is 5.43. The van der Waals surface area contributed by atoms with Gasteiger partial charge in [-0.05, 0) is 36.1 Å². The van der Waals surface area contributed by atoms with Crippen molar-refractivity contribution in [3.05, 3.63) is 83.9 Å². The van der Waals surface area contributed by atoms with E-state index in [1.54, 1.807) is 0 Å². The number of hydrogen-bond donors (Lipinski definition) is 1. The summed E-state index contributed by atoms with van der Waals surface area (Å²) in [5.41, 5.74) is 4.85. The van der Waals surface area contributed by atoms with Crippen LogP contribution >= 0.6 is 18.0 Å². The van der Waals surface area contributed by atoms with Crippen LogP contribution in [0.1, 0.15) is 11.1 Å². The molecule has 0 heterocycles. The van der Waals surface area contributed by atoms with E-state index in [1.165, 1.54) is 16.7 Å². The molecule has 0 bridgehead atoms. The topological polar surface area (TPSA) is 20.2 Å². The number of aryl methyl sites for hydroxylation is 2. The van der Waals surface area contributed by atoms with Crippen LogP contribution in [0.25, 0.3) is 11.1 Å². The van der Waals surface area contributed by atoms with E-state index in [0.717, 1.165) is 16.2 Å². The van der Waals surface area contributed by atoms with E-state index in [-0.39, 0.29) is 9.90 Å². The van der Waals surface area contributed by atoms with Crippen LogP contribution in [0.2, 0.25) is 0 Å². The zero-order valence-electron chi connectivity index (χ0n) is 13.5. The predicted molar refractivity (Wildman–Crippen MR) is 107 cm³/mol. The van der Waals surface area contributed by atoms with Gasteiger partial charge in [-0.1, -0.05) is 72.8 Å². The van der Waals surface area contributed by atoms with Crippen molar-refractivity contribution in [1.82, 2.24) is 0 Å². The summed E-state index contributed by atoms with van der Waals surface area (Å²) in [6, 6.07) is 24.4. The number of benzene rings is 3. The summed E-state index contributed by atoms with van der Waals surface area (Å²) in [5, 5.41) is 2.00. The van der Waals surface area contributed by atoms with Gasteiger partial charge in [-0.3, -0.25) is 0 Å². The lowest BCUT2D eigenvalue weighted by Crippen LogP contribution is -2.14. The van der Waals surface area contributed by atoms with Crippen LogP contribution in [-0.4, -0.2) is 4.89 Å². The Bertz CT molecular complexity index is 764. The molecule has 0 radical (unpaired) electrons. The SMILES string of the molecule is Cc1cccc(C)c1-c1ccccc1P(O)c1ccccc1.P. The average molecular weight is 340 g/mol. The molecule has 0 aliphatic rings. The van der Waals surface area contributed by atoms with Gasteiger partial charge in [-0.25, -0.2) is 0 Å². The fourth-order valence-electron chi connectivity index (χ4n) is 2.82. The fraction of sp³-hybridized carbons (Fsp3) is 0.100. The van der Waals surface area contributed by atoms with Crippen LogP contribution in [0.15, 0.2) is 72.8 Å². The predicted octanol–water partition coefficient (Wildman–Crippen LogP) is 4.37. The van der Waals surface area contributed by atoms with Gasteiger partial charge in [-0.15, -0.1) is 0 Å². The zero-order valence-corrected chi connectivity index (χ0v) is 15.8. The molecule has 2 unspecified atom stereocenters. The van der Waals surface area contributed by atoms with Gasteiger partial charge in [0.15, 0.2) is 0 Å². The first kappa shape index (κ1) is 17.8. The Balaban J connectivity index is 0.00000192. The molecule has 0 spiro atoms. The summed E-state index contributed by atoms with van der Waals surface area (Å²) in [6.07, 6.45) is 0.